The van der Waals surface area contributed by atoms with Gasteiger partial charge in [-0.15, -0.1) is 0 Å². The second-order valence-electron chi connectivity index (χ2n) is 11.2. The first-order valence-electron chi connectivity index (χ1n) is 13.5. The first-order chi connectivity index (χ1) is 17.8. The molecule has 0 radical (unpaired) electrons. The molecule has 2 saturated carbocycles. The summed E-state index contributed by atoms with van der Waals surface area (Å²) >= 11 is 0. The summed E-state index contributed by atoms with van der Waals surface area (Å²) in [5.74, 6) is 1.20. The Morgan fingerprint density at radius 1 is 1.08 bits per heavy atom. The number of urea groups is 1. The van der Waals surface area contributed by atoms with Crippen LogP contribution in [-0.4, -0.2) is 78.0 Å². The molecule has 8 nitrogen and oxygen atoms in total. The molecule has 1 aromatic heterocycles. The number of ether oxygens (including phenoxy) is 1. The van der Waals surface area contributed by atoms with Crippen molar-refractivity contribution < 1.29 is 14.3 Å². The highest BCUT2D eigenvalue weighted by atomic mass is 16.5. The molecule has 37 heavy (non-hydrogen) atoms. The molecule has 2 heterocycles. The Kier molecular flexibility index (Phi) is 7.12. The zero-order valence-corrected chi connectivity index (χ0v) is 22.3. The molecule has 1 saturated heterocycles. The van der Waals surface area contributed by atoms with Crippen molar-refractivity contribution in [2.45, 2.75) is 56.0 Å². The molecule has 1 aromatic carbocycles. The number of carbonyl (C=O) groups excluding carboxylic acids is 2. The summed E-state index contributed by atoms with van der Waals surface area (Å²) in [5.41, 5.74) is 1.07. The maximum Gasteiger partial charge on any atom is 0.321 e. The Morgan fingerprint density at radius 2 is 1.81 bits per heavy atom. The van der Waals surface area contributed by atoms with Crippen LogP contribution in [0.3, 0.4) is 0 Å². The maximum absolute atomic E-state index is 13.7. The number of hydrogen-bond acceptors (Lipinski definition) is 5. The largest absolute Gasteiger partial charge is 0.481 e. The van der Waals surface area contributed by atoms with Crippen molar-refractivity contribution in [3.8, 4) is 5.88 Å². The number of methoxy groups -OCH3 is 1. The molecule has 1 aliphatic heterocycles. The lowest BCUT2D eigenvalue weighted by Gasteiger charge is -2.51. The summed E-state index contributed by atoms with van der Waals surface area (Å²) in [5, 5.41) is 2.83. The summed E-state index contributed by atoms with van der Waals surface area (Å²) in [6.07, 6.45) is 7.43. The molecule has 3 amide bonds. The number of benzene rings is 1. The average Bonchev–Trinajstić information content (AvgIpc) is 3.12. The number of anilines is 1. The van der Waals surface area contributed by atoms with E-state index in [9.17, 15) is 9.59 Å². The number of nitrogens with one attached hydrogen (secondary N) is 1. The van der Waals surface area contributed by atoms with Gasteiger partial charge in [0.1, 0.15) is 12.4 Å². The van der Waals surface area contributed by atoms with Crippen LogP contribution < -0.4 is 10.1 Å². The molecule has 8 heteroatoms. The van der Waals surface area contributed by atoms with E-state index >= 15 is 0 Å². The van der Waals surface area contributed by atoms with Gasteiger partial charge in [0.25, 0.3) is 0 Å². The molecular formula is C29H39N5O3. The molecule has 0 unspecified atom stereocenters. The third kappa shape index (κ3) is 4.91. The van der Waals surface area contributed by atoms with E-state index in [-0.39, 0.29) is 29.6 Å². The smallest absolute Gasteiger partial charge is 0.321 e. The fraction of sp³-hybridized carbons (Fsp3) is 0.552. The summed E-state index contributed by atoms with van der Waals surface area (Å²) in [4.78, 5) is 37.2. The van der Waals surface area contributed by atoms with Crippen LogP contribution in [0.25, 0.3) is 0 Å². The van der Waals surface area contributed by atoms with E-state index in [1.807, 2.05) is 0 Å². The van der Waals surface area contributed by atoms with Gasteiger partial charge < -0.3 is 19.9 Å². The molecule has 2 aliphatic carbocycles. The Labute approximate surface area is 220 Å². The Bertz CT molecular complexity index is 1110. The lowest BCUT2D eigenvalue weighted by atomic mass is 9.68. The maximum atomic E-state index is 13.7. The molecule has 2 aromatic rings. The van der Waals surface area contributed by atoms with Gasteiger partial charge in [-0.3, -0.25) is 9.69 Å². The third-order valence-electron chi connectivity index (χ3n) is 8.93. The van der Waals surface area contributed by atoms with Crippen LogP contribution in [0.2, 0.25) is 0 Å². The number of carbonyl (C=O) groups is 2. The van der Waals surface area contributed by atoms with E-state index in [2.05, 4.69) is 64.5 Å². The molecule has 3 fully saturated rings. The molecule has 0 atom stereocenters. The highest BCUT2D eigenvalue weighted by molar-refractivity contribution is 5.94. The number of nitrogens with zero attached hydrogens (tertiary/aromatic N) is 4. The van der Waals surface area contributed by atoms with Crippen LogP contribution in [-0.2, 0) is 10.3 Å². The number of hydrogen-bond donors (Lipinski definition) is 1. The average molecular weight is 506 g/mol. The standard InChI is InChI=1S/C29H39N5O3/c1-32(2)29(23-11-5-4-6-12-23)17-15-28(16-18-29)21-33(27(36)34(28)19-22-9-7-10-22)20-25(35)30-24-13-8-14-26(31-24)37-3/h4-6,8,11-14,22H,7,9-10,15-21H2,1-3H3,(H,30,31,35). The van der Waals surface area contributed by atoms with E-state index < -0.39 is 0 Å². The second-order valence-corrected chi connectivity index (χ2v) is 11.2. The fourth-order valence-corrected chi connectivity index (χ4v) is 6.46. The van der Waals surface area contributed by atoms with Crippen LogP contribution in [0.4, 0.5) is 10.6 Å². The molecule has 0 bridgehead atoms. The van der Waals surface area contributed by atoms with Gasteiger partial charge in [-0.25, -0.2) is 4.79 Å². The van der Waals surface area contributed by atoms with Crippen LogP contribution in [0.5, 0.6) is 5.88 Å². The van der Waals surface area contributed by atoms with Gasteiger partial charge in [0, 0.05) is 24.7 Å². The van der Waals surface area contributed by atoms with E-state index in [4.69, 9.17) is 4.74 Å². The minimum atomic E-state index is -0.238. The minimum absolute atomic E-state index is 0.00212. The monoisotopic (exact) mass is 505 g/mol. The zero-order chi connectivity index (χ0) is 26.0. The van der Waals surface area contributed by atoms with Crippen molar-refractivity contribution in [1.82, 2.24) is 19.7 Å². The van der Waals surface area contributed by atoms with Crippen LogP contribution in [0.1, 0.15) is 50.5 Å². The predicted octanol–water partition coefficient (Wildman–Crippen LogP) is 4.34. The summed E-state index contributed by atoms with van der Waals surface area (Å²) in [6.45, 7) is 1.42. The van der Waals surface area contributed by atoms with Gasteiger partial charge in [0.15, 0.2) is 0 Å². The molecule has 1 N–H and O–H groups in total. The fourth-order valence-electron chi connectivity index (χ4n) is 6.46. The lowest BCUT2D eigenvalue weighted by molar-refractivity contribution is -0.116. The minimum Gasteiger partial charge on any atom is -0.481 e. The van der Waals surface area contributed by atoms with E-state index in [1.54, 1.807) is 30.2 Å². The highest BCUT2D eigenvalue weighted by Gasteiger charge is 2.55. The Hall–Kier alpha value is -3.13. The first kappa shape index (κ1) is 25.5. The van der Waals surface area contributed by atoms with Gasteiger partial charge in [0.05, 0.1) is 12.6 Å². The number of rotatable bonds is 8. The summed E-state index contributed by atoms with van der Waals surface area (Å²) in [7, 11) is 5.88. The first-order valence-corrected chi connectivity index (χ1v) is 13.5. The number of amides is 3. The van der Waals surface area contributed by atoms with Gasteiger partial charge in [-0.1, -0.05) is 42.8 Å². The quantitative estimate of drug-likeness (QED) is 0.578. The highest BCUT2D eigenvalue weighted by Crippen LogP contribution is 2.49. The predicted molar refractivity (Wildman–Crippen MR) is 143 cm³/mol. The third-order valence-corrected chi connectivity index (χ3v) is 8.93. The van der Waals surface area contributed by atoms with Crippen molar-refractivity contribution in [1.29, 1.82) is 0 Å². The van der Waals surface area contributed by atoms with E-state index in [1.165, 1.54) is 24.8 Å². The molecular weight excluding hydrogens is 466 g/mol. The van der Waals surface area contributed by atoms with Crippen LogP contribution in [0, 0.1) is 5.92 Å². The molecule has 198 valence electrons. The van der Waals surface area contributed by atoms with E-state index in [0.29, 0.717) is 24.2 Å². The van der Waals surface area contributed by atoms with Gasteiger partial charge in [-0.2, -0.15) is 4.98 Å². The van der Waals surface area contributed by atoms with Crippen molar-refractivity contribution in [2.24, 2.45) is 5.92 Å². The number of aromatic nitrogens is 1. The van der Waals surface area contributed by atoms with Gasteiger partial charge in [0.2, 0.25) is 11.8 Å². The van der Waals surface area contributed by atoms with Gasteiger partial charge in [-0.05, 0) is 70.2 Å². The zero-order valence-electron chi connectivity index (χ0n) is 22.3. The topological polar surface area (TPSA) is 78.0 Å². The van der Waals surface area contributed by atoms with E-state index in [0.717, 1.165) is 32.2 Å². The Balaban J connectivity index is 1.33. The SMILES string of the molecule is COc1cccc(NC(=O)CN2CC3(CCC(c4ccccc4)(N(C)C)CC3)N(CC3CCC3)C2=O)n1. The number of pyridine rings is 1. The molecule has 3 aliphatic rings. The second kappa shape index (κ2) is 10.3. The summed E-state index contributed by atoms with van der Waals surface area (Å²) in [6, 6.07) is 16.0. The van der Waals surface area contributed by atoms with Crippen molar-refractivity contribution in [3.63, 3.8) is 0 Å². The van der Waals surface area contributed by atoms with Crippen molar-refractivity contribution in [2.75, 3.05) is 46.2 Å². The van der Waals surface area contributed by atoms with Crippen LogP contribution >= 0.6 is 0 Å². The van der Waals surface area contributed by atoms with Crippen molar-refractivity contribution in [3.05, 3.63) is 54.1 Å². The summed E-state index contributed by atoms with van der Waals surface area (Å²) < 4.78 is 5.16. The Morgan fingerprint density at radius 3 is 2.43 bits per heavy atom. The van der Waals surface area contributed by atoms with Gasteiger partial charge >= 0.3 is 6.03 Å². The molecule has 1 spiro atoms. The van der Waals surface area contributed by atoms with Crippen molar-refractivity contribution >= 4 is 17.8 Å². The normalized spacial score (nSPS) is 26.0. The molecule has 5 rings (SSSR count). The lowest BCUT2D eigenvalue weighted by Crippen LogP contribution is -2.56. The van der Waals surface area contributed by atoms with Crippen LogP contribution in [0.15, 0.2) is 48.5 Å².